The minimum Gasteiger partial charge on any atom is -0.324 e. The Hall–Kier alpha value is -1.29. The van der Waals surface area contributed by atoms with Gasteiger partial charge in [0.15, 0.2) is 0 Å². The van der Waals surface area contributed by atoms with E-state index in [9.17, 15) is 17.6 Å². The molecule has 0 saturated heterocycles. The number of hydrogen-bond donors (Lipinski definition) is 2. The van der Waals surface area contributed by atoms with E-state index in [1.165, 1.54) is 18.2 Å². The van der Waals surface area contributed by atoms with Crippen LogP contribution in [0, 0.1) is 12.7 Å². The maximum Gasteiger partial charge on any atom is 0.241 e. The topological polar surface area (TPSA) is 75.3 Å². The molecule has 0 aliphatic carbocycles. The van der Waals surface area contributed by atoms with Crippen molar-refractivity contribution in [3.05, 3.63) is 56.7 Å². The number of hydrogen-bond acceptors (Lipinski definition) is 3. The lowest BCUT2D eigenvalue weighted by Gasteiger charge is -2.10. The summed E-state index contributed by atoms with van der Waals surface area (Å²) >= 11 is 6.40. The van der Waals surface area contributed by atoms with Gasteiger partial charge in [0.1, 0.15) is 5.82 Å². The molecule has 0 heterocycles. The fraction of sp³-hybridized carbons (Fsp3) is 0.188. The average molecular weight is 494 g/mol. The Kier molecular flexibility index (Phi) is 6.72. The molecule has 0 unspecified atom stereocenters. The Morgan fingerprint density at radius 1 is 1.16 bits per heavy atom. The van der Waals surface area contributed by atoms with E-state index in [2.05, 4.69) is 41.9 Å². The first-order valence-corrected chi connectivity index (χ1v) is 10.3. The van der Waals surface area contributed by atoms with Crippen LogP contribution in [0.2, 0.25) is 0 Å². The standard InChI is InChI=1S/C16H15Br2FN2O3S/c1-10-2-5-14(13(19)8-10)21-16(22)6-7-20-25(23,24)15-9-11(17)3-4-12(15)18/h2-5,8-9,20H,6-7H2,1H3,(H,21,22). The Morgan fingerprint density at radius 3 is 2.56 bits per heavy atom. The monoisotopic (exact) mass is 492 g/mol. The van der Waals surface area contributed by atoms with Crippen LogP contribution in [0.15, 0.2) is 50.2 Å². The number of carbonyl (C=O) groups excluding carboxylic acids is 1. The number of nitrogens with one attached hydrogen (secondary N) is 2. The third-order valence-corrected chi connectivity index (χ3v) is 6.17. The fourth-order valence-corrected chi connectivity index (χ4v) is 4.53. The van der Waals surface area contributed by atoms with Crippen LogP contribution in [0.1, 0.15) is 12.0 Å². The summed E-state index contributed by atoms with van der Waals surface area (Å²) in [5, 5.41) is 2.42. The van der Waals surface area contributed by atoms with Gasteiger partial charge >= 0.3 is 0 Å². The van der Waals surface area contributed by atoms with Gasteiger partial charge in [-0.2, -0.15) is 0 Å². The molecule has 0 saturated carbocycles. The molecule has 2 N–H and O–H groups in total. The minimum absolute atomic E-state index is 0.0619. The molecule has 2 aromatic carbocycles. The number of benzene rings is 2. The molecule has 1 amide bonds. The Bertz CT molecular complexity index is 904. The summed E-state index contributed by atoms with van der Waals surface area (Å²) in [5.41, 5.74) is 0.802. The average Bonchev–Trinajstić information content (AvgIpc) is 2.52. The van der Waals surface area contributed by atoms with Crippen LogP contribution in [-0.2, 0) is 14.8 Å². The third kappa shape index (κ3) is 5.60. The van der Waals surface area contributed by atoms with Gasteiger partial charge in [0.05, 0.1) is 10.6 Å². The van der Waals surface area contributed by atoms with E-state index in [0.717, 1.165) is 5.56 Å². The van der Waals surface area contributed by atoms with Gasteiger partial charge < -0.3 is 5.32 Å². The van der Waals surface area contributed by atoms with Gasteiger partial charge in [-0.3, -0.25) is 4.79 Å². The van der Waals surface area contributed by atoms with Gasteiger partial charge in [-0.25, -0.2) is 17.5 Å². The van der Waals surface area contributed by atoms with Gasteiger partial charge in [0.25, 0.3) is 0 Å². The van der Waals surface area contributed by atoms with Crippen LogP contribution < -0.4 is 10.0 Å². The predicted molar refractivity (Wildman–Crippen MR) is 101 cm³/mol. The van der Waals surface area contributed by atoms with E-state index >= 15 is 0 Å². The van der Waals surface area contributed by atoms with Crippen LogP contribution in [-0.4, -0.2) is 20.9 Å². The molecule has 0 spiro atoms. The Morgan fingerprint density at radius 2 is 1.88 bits per heavy atom. The lowest BCUT2D eigenvalue weighted by atomic mass is 10.2. The quantitative estimate of drug-likeness (QED) is 0.639. The maximum atomic E-state index is 13.7. The van der Waals surface area contributed by atoms with Gasteiger partial charge in [-0.05, 0) is 58.7 Å². The SMILES string of the molecule is Cc1ccc(NC(=O)CCNS(=O)(=O)c2cc(Br)ccc2Br)c(F)c1. The van der Waals surface area contributed by atoms with Crippen molar-refractivity contribution in [2.45, 2.75) is 18.2 Å². The molecule has 9 heteroatoms. The van der Waals surface area contributed by atoms with Crippen LogP contribution >= 0.6 is 31.9 Å². The molecule has 2 aromatic rings. The summed E-state index contributed by atoms with van der Waals surface area (Å²) in [6.45, 7) is 1.63. The molecule has 0 bridgehead atoms. The van der Waals surface area contributed by atoms with Crippen LogP contribution in [0.4, 0.5) is 10.1 Å². The van der Waals surface area contributed by atoms with E-state index in [4.69, 9.17) is 0 Å². The van der Waals surface area contributed by atoms with Crippen molar-refractivity contribution in [1.29, 1.82) is 0 Å². The van der Waals surface area contributed by atoms with Crippen molar-refractivity contribution >= 4 is 53.5 Å². The summed E-state index contributed by atoms with van der Waals surface area (Å²) in [6.07, 6.45) is -0.127. The highest BCUT2D eigenvalue weighted by Gasteiger charge is 2.18. The van der Waals surface area contributed by atoms with Crippen LogP contribution in [0.3, 0.4) is 0 Å². The van der Waals surface area contributed by atoms with Crippen molar-refractivity contribution in [2.75, 3.05) is 11.9 Å². The highest BCUT2D eigenvalue weighted by Crippen LogP contribution is 2.25. The second-order valence-electron chi connectivity index (χ2n) is 5.25. The van der Waals surface area contributed by atoms with E-state index in [1.54, 1.807) is 25.1 Å². The molecule has 0 aliphatic rings. The predicted octanol–water partition coefficient (Wildman–Crippen LogP) is 3.97. The summed E-state index contributed by atoms with van der Waals surface area (Å²) in [5.74, 6) is -1.02. The van der Waals surface area contributed by atoms with Crippen molar-refractivity contribution in [3.63, 3.8) is 0 Å². The van der Waals surface area contributed by atoms with E-state index < -0.39 is 21.7 Å². The third-order valence-electron chi connectivity index (χ3n) is 3.23. The first-order chi connectivity index (χ1) is 11.7. The molecule has 0 fully saturated rings. The van der Waals surface area contributed by atoms with E-state index in [1.807, 2.05) is 0 Å². The van der Waals surface area contributed by atoms with Gasteiger partial charge in [0, 0.05) is 21.9 Å². The molecule has 0 atom stereocenters. The van der Waals surface area contributed by atoms with Gasteiger partial charge in [-0.1, -0.05) is 22.0 Å². The van der Waals surface area contributed by atoms with E-state index in [0.29, 0.717) is 8.95 Å². The number of aryl methyl sites for hydroxylation is 1. The van der Waals surface area contributed by atoms with Crippen molar-refractivity contribution in [2.24, 2.45) is 0 Å². The fourth-order valence-electron chi connectivity index (χ4n) is 1.99. The zero-order valence-electron chi connectivity index (χ0n) is 13.1. The Balaban J connectivity index is 1.95. The molecule has 0 aromatic heterocycles. The first-order valence-electron chi connectivity index (χ1n) is 7.20. The molecule has 134 valence electrons. The number of rotatable bonds is 6. The maximum absolute atomic E-state index is 13.7. The second-order valence-corrected chi connectivity index (χ2v) is 8.76. The second kappa shape index (κ2) is 8.39. The zero-order chi connectivity index (χ0) is 18.6. The van der Waals surface area contributed by atoms with Crippen molar-refractivity contribution < 1.29 is 17.6 Å². The highest BCUT2D eigenvalue weighted by molar-refractivity contribution is 9.11. The van der Waals surface area contributed by atoms with Crippen LogP contribution in [0.5, 0.6) is 0 Å². The highest BCUT2D eigenvalue weighted by atomic mass is 79.9. The largest absolute Gasteiger partial charge is 0.324 e. The minimum atomic E-state index is -3.78. The molecule has 25 heavy (non-hydrogen) atoms. The number of carbonyl (C=O) groups is 1. The van der Waals surface area contributed by atoms with Crippen molar-refractivity contribution in [1.82, 2.24) is 4.72 Å². The van der Waals surface area contributed by atoms with Gasteiger partial charge in [-0.15, -0.1) is 0 Å². The summed E-state index contributed by atoms with van der Waals surface area (Å²) in [7, 11) is -3.78. The number of amides is 1. The zero-order valence-corrected chi connectivity index (χ0v) is 17.1. The summed E-state index contributed by atoms with van der Waals surface area (Å²) in [4.78, 5) is 11.9. The molecule has 2 rings (SSSR count). The summed E-state index contributed by atoms with van der Waals surface area (Å²) < 4.78 is 41.6. The molecule has 5 nitrogen and oxygen atoms in total. The summed E-state index contributed by atoms with van der Waals surface area (Å²) in [6, 6.07) is 9.20. The number of halogens is 3. The lowest BCUT2D eigenvalue weighted by Crippen LogP contribution is -2.28. The van der Waals surface area contributed by atoms with Crippen LogP contribution in [0.25, 0.3) is 0 Å². The normalized spacial score (nSPS) is 11.4. The van der Waals surface area contributed by atoms with E-state index in [-0.39, 0.29) is 23.5 Å². The van der Waals surface area contributed by atoms with Crippen molar-refractivity contribution in [3.8, 4) is 0 Å². The molecular weight excluding hydrogens is 479 g/mol. The Labute approximate surface area is 162 Å². The lowest BCUT2D eigenvalue weighted by molar-refractivity contribution is -0.116. The molecule has 0 aliphatic heterocycles. The first kappa shape index (κ1) is 20.0. The number of sulfonamides is 1. The van der Waals surface area contributed by atoms with Gasteiger partial charge in [0.2, 0.25) is 15.9 Å². The molecular formula is C16H15Br2FN2O3S. The molecule has 0 radical (unpaired) electrons. The number of anilines is 1. The smallest absolute Gasteiger partial charge is 0.241 e.